The Hall–Kier alpha value is -2.06. The van der Waals surface area contributed by atoms with Crippen molar-refractivity contribution in [2.45, 2.75) is 4.21 Å². The van der Waals surface area contributed by atoms with Crippen molar-refractivity contribution in [3.63, 3.8) is 0 Å². The van der Waals surface area contributed by atoms with Crippen molar-refractivity contribution in [2.24, 2.45) is 0 Å². The predicted octanol–water partition coefficient (Wildman–Crippen LogP) is 3.12. The molecule has 0 aliphatic rings. The van der Waals surface area contributed by atoms with Gasteiger partial charge in [0.05, 0.1) is 16.2 Å². The number of nitrogens with zero attached hydrogens (tertiary/aromatic N) is 2. The highest BCUT2D eigenvalue weighted by Gasteiger charge is 2.13. The fraction of sp³-hybridized carbons (Fsp3) is 0.0833. The molecule has 1 N–H and O–H groups in total. The van der Waals surface area contributed by atoms with Gasteiger partial charge in [0.2, 0.25) is 5.91 Å². The standard InChI is InChI=1S/C12H9N3O3S2/c16-9(7-20-10-4-2-6-19-10)13-12-15-14-11(18-12)8-3-1-5-17-8/h1-6H,7H2,(H,13,15,16). The van der Waals surface area contributed by atoms with E-state index in [9.17, 15) is 4.79 Å². The normalized spacial score (nSPS) is 10.6. The third-order valence-corrected chi connectivity index (χ3v) is 4.37. The van der Waals surface area contributed by atoms with Crippen LogP contribution in [0.25, 0.3) is 11.7 Å². The number of nitrogens with one attached hydrogen (secondary N) is 1. The highest BCUT2D eigenvalue weighted by Crippen LogP contribution is 2.24. The zero-order chi connectivity index (χ0) is 13.8. The second-order valence-corrected chi connectivity index (χ2v) is 5.88. The molecule has 0 radical (unpaired) electrons. The van der Waals surface area contributed by atoms with Crippen LogP contribution in [0.15, 0.2) is 49.0 Å². The Morgan fingerprint density at radius 2 is 2.30 bits per heavy atom. The minimum Gasteiger partial charge on any atom is -0.459 e. The molecule has 20 heavy (non-hydrogen) atoms. The number of amides is 1. The zero-order valence-corrected chi connectivity index (χ0v) is 11.7. The second-order valence-electron chi connectivity index (χ2n) is 3.66. The quantitative estimate of drug-likeness (QED) is 0.729. The number of rotatable bonds is 5. The molecule has 0 unspecified atom stereocenters. The molecule has 1 amide bonds. The van der Waals surface area contributed by atoms with E-state index in [-0.39, 0.29) is 17.8 Å². The van der Waals surface area contributed by atoms with Crippen LogP contribution in [0.4, 0.5) is 6.01 Å². The third-order valence-electron chi connectivity index (χ3n) is 2.24. The number of thiophene rings is 1. The SMILES string of the molecule is O=C(CSc1cccs1)Nc1nnc(-c2ccco2)o1. The summed E-state index contributed by atoms with van der Waals surface area (Å²) in [5, 5.41) is 12.0. The monoisotopic (exact) mass is 307 g/mol. The van der Waals surface area contributed by atoms with E-state index in [0.717, 1.165) is 4.21 Å². The molecule has 3 aromatic heterocycles. The summed E-state index contributed by atoms with van der Waals surface area (Å²) in [6.07, 6.45) is 1.51. The molecule has 0 saturated heterocycles. The maximum atomic E-state index is 11.7. The van der Waals surface area contributed by atoms with Crippen LogP contribution in [0.1, 0.15) is 0 Å². The molecule has 0 aliphatic carbocycles. The van der Waals surface area contributed by atoms with Gasteiger partial charge in [-0.3, -0.25) is 10.1 Å². The Labute approximate surface area is 122 Å². The van der Waals surface area contributed by atoms with Crippen LogP contribution in [0, 0.1) is 0 Å². The van der Waals surface area contributed by atoms with Crippen LogP contribution in [0.3, 0.4) is 0 Å². The van der Waals surface area contributed by atoms with Gasteiger partial charge in [-0.25, -0.2) is 0 Å². The molecule has 0 aromatic carbocycles. The van der Waals surface area contributed by atoms with E-state index in [2.05, 4.69) is 15.5 Å². The molecule has 0 atom stereocenters. The molecule has 0 bridgehead atoms. The first-order chi connectivity index (χ1) is 9.81. The van der Waals surface area contributed by atoms with Gasteiger partial charge < -0.3 is 8.83 Å². The average molecular weight is 307 g/mol. The van der Waals surface area contributed by atoms with Crippen molar-refractivity contribution in [3.05, 3.63) is 35.9 Å². The number of furan rings is 1. The van der Waals surface area contributed by atoms with Crippen molar-refractivity contribution in [3.8, 4) is 11.7 Å². The van der Waals surface area contributed by atoms with Gasteiger partial charge in [-0.05, 0) is 23.6 Å². The summed E-state index contributed by atoms with van der Waals surface area (Å²) in [5.74, 6) is 0.791. The van der Waals surface area contributed by atoms with Gasteiger partial charge in [-0.15, -0.1) is 28.2 Å². The first-order valence-corrected chi connectivity index (χ1v) is 7.51. The van der Waals surface area contributed by atoms with E-state index in [4.69, 9.17) is 8.83 Å². The first-order valence-electron chi connectivity index (χ1n) is 5.65. The Morgan fingerprint density at radius 1 is 1.35 bits per heavy atom. The molecular weight excluding hydrogens is 298 g/mol. The lowest BCUT2D eigenvalue weighted by Crippen LogP contribution is -2.14. The topological polar surface area (TPSA) is 81.2 Å². The van der Waals surface area contributed by atoms with E-state index in [0.29, 0.717) is 11.5 Å². The fourth-order valence-corrected chi connectivity index (χ4v) is 3.00. The fourth-order valence-electron chi connectivity index (χ4n) is 1.41. The van der Waals surface area contributed by atoms with Crippen LogP contribution in [0.2, 0.25) is 0 Å². The van der Waals surface area contributed by atoms with Crippen molar-refractivity contribution in [2.75, 3.05) is 11.1 Å². The van der Waals surface area contributed by atoms with Gasteiger partial charge in [-0.1, -0.05) is 11.2 Å². The zero-order valence-electron chi connectivity index (χ0n) is 10.1. The third kappa shape index (κ3) is 3.09. The molecule has 3 rings (SSSR count). The maximum absolute atomic E-state index is 11.7. The van der Waals surface area contributed by atoms with Gasteiger partial charge >= 0.3 is 6.01 Å². The average Bonchev–Trinajstić information content (AvgIpc) is 3.18. The summed E-state index contributed by atoms with van der Waals surface area (Å²) < 4.78 is 11.5. The lowest BCUT2D eigenvalue weighted by atomic mass is 10.5. The Balaban J connectivity index is 1.56. The Morgan fingerprint density at radius 3 is 3.05 bits per heavy atom. The lowest BCUT2D eigenvalue weighted by Gasteiger charge is -1.98. The summed E-state index contributed by atoms with van der Waals surface area (Å²) in [5.41, 5.74) is 0. The summed E-state index contributed by atoms with van der Waals surface area (Å²) in [6.45, 7) is 0. The Bertz CT molecular complexity index is 677. The number of hydrogen-bond donors (Lipinski definition) is 1. The van der Waals surface area contributed by atoms with Crippen LogP contribution in [0.5, 0.6) is 0 Å². The summed E-state index contributed by atoms with van der Waals surface area (Å²) >= 11 is 3.05. The first kappa shape index (κ1) is 12.9. The van der Waals surface area contributed by atoms with Crippen LogP contribution >= 0.6 is 23.1 Å². The molecule has 3 heterocycles. The van der Waals surface area contributed by atoms with Crippen LogP contribution in [-0.4, -0.2) is 21.9 Å². The van der Waals surface area contributed by atoms with Gasteiger partial charge in [0, 0.05) is 0 Å². The highest BCUT2D eigenvalue weighted by molar-refractivity contribution is 8.01. The van der Waals surface area contributed by atoms with Gasteiger partial charge in [0.15, 0.2) is 5.76 Å². The minimum absolute atomic E-state index is 0.0631. The van der Waals surface area contributed by atoms with E-state index in [1.807, 2.05) is 17.5 Å². The van der Waals surface area contributed by atoms with Crippen molar-refractivity contribution in [1.29, 1.82) is 0 Å². The smallest absolute Gasteiger partial charge is 0.322 e. The molecule has 0 saturated carbocycles. The van der Waals surface area contributed by atoms with Crippen LogP contribution < -0.4 is 5.32 Å². The van der Waals surface area contributed by atoms with E-state index in [1.165, 1.54) is 18.0 Å². The number of anilines is 1. The van der Waals surface area contributed by atoms with Gasteiger partial charge in [0.25, 0.3) is 5.89 Å². The summed E-state index contributed by atoms with van der Waals surface area (Å²) in [7, 11) is 0. The summed E-state index contributed by atoms with van der Waals surface area (Å²) in [6, 6.07) is 7.39. The van der Waals surface area contributed by atoms with E-state index < -0.39 is 0 Å². The molecule has 6 nitrogen and oxygen atoms in total. The van der Waals surface area contributed by atoms with E-state index in [1.54, 1.807) is 23.5 Å². The van der Waals surface area contributed by atoms with Crippen molar-refractivity contribution < 1.29 is 13.6 Å². The molecule has 102 valence electrons. The lowest BCUT2D eigenvalue weighted by molar-refractivity contribution is -0.113. The number of thioether (sulfide) groups is 1. The van der Waals surface area contributed by atoms with Gasteiger partial charge in [0.1, 0.15) is 0 Å². The minimum atomic E-state index is -0.196. The number of aromatic nitrogens is 2. The van der Waals surface area contributed by atoms with Crippen molar-refractivity contribution in [1.82, 2.24) is 10.2 Å². The highest BCUT2D eigenvalue weighted by atomic mass is 32.2. The number of hydrogen-bond acceptors (Lipinski definition) is 7. The van der Waals surface area contributed by atoms with Crippen molar-refractivity contribution >= 4 is 35.0 Å². The molecule has 0 spiro atoms. The molecule has 0 aliphatic heterocycles. The Kier molecular flexibility index (Phi) is 3.84. The number of carbonyl (C=O) groups is 1. The van der Waals surface area contributed by atoms with E-state index >= 15 is 0 Å². The second kappa shape index (κ2) is 5.93. The van der Waals surface area contributed by atoms with Gasteiger partial charge in [-0.2, -0.15) is 0 Å². The van der Waals surface area contributed by atoms with Crippen LogP contribution in [-0.2, 0) is 4.79 Å². The maximum Gasteiger partial charge on any atom is 0.322 e. The number of carbonyl (C=O) groups excluding carboxylic acids is 1. The predicted molar refractivity (Wildman–Crippen MR) is 75.7 cm³/mol. The molecule has 3 aromatic rings. The molecule has 0 fully saturated rings. The largest absolute Gasteiger partial charge is 0.459 e. The molecular formula is C12H9N3O3S2. The summed E-state index contributed by atoms with van der Waals surface area (Å²) in [4.78, 5) is 11.7. The molecule has 8 heteroatoms.